The van der Waals surface area contributed by atoms with Crippen LogP contribution in [0.4, 0.5) is 5.00 Å². The normalized spacial score (nSPS) is 22.0. The Bertz CT molecular complexity index is 822. The summed E-state index contributed by atoms with van der Waals surface area (Å²) < 4.78 is 5.11. The number of amides is 1. The molecule has 2 fully saturated rings. The summed E-state index contributed by atoms with van der Waals surface area (Å²) in [7, 11) is 3.26. The summed E-state index contributed by atoms with van der Waals surface area (Å²) >= 11 is 6.97. The van der Waals surface area contributed by atoms with Crippen LogP contribution in [0.25, 0.3) is 0 Å². The fourth-order valence-electron chi connectivity index (χ4n) is 4.85. The monoisotopic (exact) mass is 479 g/mol. The van der Waals surface area contributed by atoms with Crippen molar-refractivity contribution < 1.29 is 14.3 Å². The van der Waals surface area contributed by atoms with Gasteiger partial charge in [-0.1, -0.05) is 6.92 Å². The Balaban J connectivity index is 1.87. The van der Waals surface area contributed by atoms with E-state index in [9.17, 15) is 9.59 Å². The van der Waals surface area contributed by atoms with Gasteiger partial charge in [0.1, 0.15) is 5.00 Å². The lowest BCUT2D eigenvalue weighted by molar-refractivity contribution is -0.123. The molecule has 0 spiro atoms. The Kier molecular flexibility index (Phi) is 8.55. The summed E-state index contributed by atoms with van der Waals surface area (Å²) in [5, 5.41) is 4.58. The number of thiocarbonyl (C=S) groups is 1. The van der Waals surface area contributed by atoms with E-state index in [1.807, 2.05) is 31.9 Å². The van der Waals surface area contributed by atoms with Crippen LogP contribution in [0.2, 0.25) is 0 Å². The molecule has 1 amide bonds. The lowest BCUT2D eigenvalue weighted by Crippen LogP contribution is -2.42. The highest BCUT2D eigenvalue weighted by Crippen LogP contribution is 2.42. The lowest BCUT2D eigenvalue weighted by atomic mass is 9.82. The zero-order chi connectivity index (χ0) is 23.4. The number of piperidine rings is 1. The third-order valence-electron chi connectivity index (χ3n) is 6.87. The summed E-state index contributed by atoms with van der Waals surface area (Å²) in [6.07, 6.45) is 5.98. The van der Waals surface area contributed by atoms with Gasteiger partial charge in [0.25, 0.3) is 0 Å². The molecule has 0 bridgehead atoms. The predicted octanol–water partition coefficient (Wildman–Crippen LogP) is 4.79. The highest BCUT2D eigenvalue weighted by atomic mass is 32.1. The van der Waals surface area contributed by atoms with E-state index in [0.717, 1.165) is 66.6 Å². The maximum Gasteiger partial charge on any atom is 0.340 e. The molecule has 1 aromatic heterocycles. The first-order chi connectivity index (χ1) is 15.3. The minimum atomic E-state index is -0.369. The van der Waals surface area contributed by atoms with Gasteiger partial charge in [0, 0.05) is 37.0 Å². The van der Waals surface area contributed by atoms with E-state index in [2.05, 4.69) is 17.1 Å². The van der Waals surface area contributed by atoms with E-state index in [-0.39, 0.29) is 23.8 Å². The molecule has 178 valence electrons. The van der Waals surface area contributed by atoms with Crippen LogP contribution < -0.4 is 10.2 Å². The largest absolute Gasteiger partial charge is 0.465 e. The van der Waals surface area contributed by atoms with Gasteiger partial charge in [0.05, 0.1) is 12.7 Å². The minimum Gasteiger partial charge on any atom is -0.465 e. The van der Waals surface area contributed by atoms with Gasteiger partial charge < -0.3 is 19.9 Å². The van der Waals surface area contributed by atoms with E-state index in [0.29, 0.717) is 17.4 Å². The number of anilines is 1. The molecule has 32 heavy (non-hydrogen) atoms. The van der Waals surface area contributed by atoms with Gasteiger partial charge in [0.15, 0.2) is 5.11 Å². The molecular weight excluding hydrogens is 442 g/mol. The molecule has 3 rings (SSSR count). The molecule has 1 aliphatic heterocycles. The number of carbonyl (C=O) groups excluding carboxylic acids is 2. The number of likely N-dealkylation sites (tertiary alicyclic amines) is 1. The van der Waals surface area contributed by atoms with Crippen LogP contribution in [0, 0.1) is 11.8 Å². The van der Waals surface area contributed by atoms with Gasteiger partial charge in [0.2, 0.25) is 5.91 Å². The van der Waals surface area contributed by atoms with E-state index in [1.54, 1.807) is 11.3 Å². The third kappa shape index (κ3) is 5.45. The van der Waals surface area contributed by atoms with Crippen molar-refractivity contribution in [1.82, 2.24) is 10.2 Å². The zero-order valence-electron chi connectivity index (χ0n) is 20.0. The molecule has 0 atom stereocenters. The number of esters is 1. The second-order valence-corrected chi connectivity index (χ2v) is 10.9. The van der Waals surface area contributed by atoms with Crippen molar-refractivity contribution in [1.29, 1.82) is 0 Å². The molecule has 0 aromatic carbocycles. The van der Waals surface area contributed by atoms with Gasteiger partial charge in [-0.3, -0.25) is 4.79 Å². The predicted molar refractivity (Wildman–Crippen MR) is 135 cm³/mol. The molecule has 1 N–H and O–H groups in total. The fourth-order valence-corrected chi connectivity index (χ4v) is 6.49. The summed E-state index contributed by atoms with van der Waals surface area (Å²) in [6.45, 7) is 8.09. The Morgan fingerprint density at radius 1 is 1.19 bits per heavy atom. The molecule has 1 saturated heterocycles. The smallest absolute Gasteiger partial charge is 0.340 e. The number of nitrogens with one attached hydrogen (secondary N) is 1. The molecule has 8 heteroatoms. The Morgan fingerprint density at radius 2 is 1.81 bits per heavy atom. The molecule has 6 nitrogen and oxygen atoms in total. The highest BCUT2D eigenvalue weighted by molar-refractivity contribution is 7.80. The molecule has 2 heterocycles. The van der Waals surface area contributed by atoms with Crippen LogP contribution in [0.5, 0.6) is 0 Å². The summed E-state index contributed by atoms with van der Waals surface area (Å²) in [6, 6.07) is 1.94. The standard InChI is InChI=1S/C24H37N3O3S2/c1-15(2)27(21(28)18-8-6-16(3)7-9-18)22-19(23(29)30-5)14-20(32-22)17-10-12-26(13-11-17)24(31)25-4/h14-18H,6-13H2,1-5H3,(H,25,31)/t16-,18-. The maximum absolute atomic E-state index is 13.6. The first-order valence-electron chi connectivity index (χ1n) is 11.8. The molecule has 1 aromatic rings. The van der Waals surface area contributed by atoms with Gasteiger partial charge in [-0.15, -0.1) is 11.3 Å². The van der Waals surface area contributed by atoms with Crippen LogP contribution in [0.15, 0.2) is 6.07 Å². The number of hydrogen-bond donors (Lipinski definition) is 1. The average Bonchev–Trinajstić information content (AvgIpc) is 3.23. The fraction of sp³-hybridized carbons (Fsp3) is 0.708. The van der Waals surface area contributed by atoms with Crippen LogP contribution in [-0.2, 0) is 9.53 Å². The summed E-state index contributed by atoms with van der Waals surface area (Å²) in [5.41, 5.74) is 0.520. The van der Waals surface area contributed by atoms with Crippen LogP contribution in [0.1, 0.15) is 80.4 Å². The van der Waals surface area contributed by atoms with Gasteiger partial charge in [-0.25, -0.2) is 4.79 Å². The Hall–Kier alpha value is -1.67. The van der Waals surface area contributed by atoms with Crippen molar-refractivity contribution in [3.8, 4) is 0 Å². The number of carbonyl (C=O) groups is 2. The topological polar surface area (TPSA) is 61.9 Å². The number of rotatable bonds is 5. The highest BCUT2D eigenvalue weighted by Gasteiger charge is 2.35. The Labute approximate surface area is 201 Å². The van der Waals surface area contributed by atoms with Crippen molar-refractivity contribution in [3.05, 3.63) is 16.5 Å². The number of nitrogens with zero attached hydrogens (tertiary/aromatic N) is 2. The maximum atomic E-state index is 13.6. The van der Waals surface area contributed by atoms with Crippen molar-refractivity contribution in [3.63, 3.8) is 0 Å². The third-order valence-corrected chi connectivity index (χ3v) is 8.63. The van der Waals surface area contributed by atoms with Crippen LogP contribution in [0.3, 0.4) is 0 Å². The van der Waals surface area contributed by atoms with Crippen molar-refractivity contribution in [2.24, 2.45) is 11.8 Å². The first-order valence-corrected chi connectivity index (χ1v) is 13.0. The van der Waals surface area contributed by atoms with E-state index in [4.69, 9.17) is 17.0 Å². The Morgan fingerprint density at radius 3 is 2.34 bits per heavy atom. The van der Waals surface area contributed by atoms with Crippen molar-refractivity contribution in [2.45, 2.75) is 71.3 Å². The summed E-state index contributed by atoms with van der Waals surface area (Å²) in [4.78, 5) is 31.5. The molecule has 2 aliphatic rings. The van der Waals surface area contributed by atoms with Gasteiger partial charge in [-0.2, -0.15) is 0 Å². The molecule has 0 radical (unpaired) electrons. The summed E-state index contributed by atoms with van der Waals surface area (Å²) in [5.74, 6) is 0.863. The molecule has 1 saturated carbocycles. The molecule has 1 aliphatic carbocycles. The van der Waals surface area contributed by atoms with Crippen molar-refractivity contribution in [2.75, 3.05) is 32.1 Å². The number of ether oxygens (including phenoxy) is 1. The quantitative estimate of drug-likeness (QED) is 0.484. The minimum absolute atomic E-state index is 0.0217. The average molecular weight is 480 g/mol. The van der Waals surface area contributed by atoms with E-state index in [1.165, 1.54) is 7.11 Å². The molecule has 0 unspecified atom stereocenters. The van der Waals surface area contributed by atoms with E-state index < -0.39 is 0 Å². The number of thiophene rings is 1. The second kappa shape index (κ2) is 11.0. The SMILES string of the molecule is CNC(=S)N1CCC(c2cc(C(=O)OC)c(N(C(=O)[C@H]3CC[C@H](C)CC3)C(C)C)s2)CC1. The van der Waals surface area contributed by atoms with E-state index >= 15 is 0 Å². The van der Waals surface area contributed by atoms with Crippen LogP contribution >= 0.6 is 23.6 Å². The van der Waals surface area contributed by atoms with Gasteiger partial charge in [-0.05, 0) is 82.5 Å². The van der Waals surface area contributed by atoms with Gasteiger partial charge >= 0.3 is 5.97 Å². The van der Waals surface area contributed by atoms with Crippen molar-refractivity contribution >= 4 is 45.5 Å². The zero-order valence-corrected chi connectivity index (χ0v) is 21.6. The number of methoxy groups -OCH3 is 1. The number of hydrogen-bond acceptors (Lipinski definition) is 5. The molecular formula is C24H37N3O3S2. The first kappa shape index (κ1) is 25.0. The van der Waals surface area contributed by atoms with Crippen LogP contribution in [-0.4, -0.2) is 55.2 Å². The lowest BCUT2D eigenvalue weighted by Gasteiger charge is -2.34. The second-order valence-electron chi connectivity index (χ2n) is 9.43.